The Morgan fingerprint density at radius 1 is 1.17 bits per heavy atom. The number of rotatable bonds is 3. The Morgan fingerprint density at radius 2 is 1.96 bits per heavy atom. The SMILES string of the molecule is Fc1ccc(Cn2c(C3CCNCC3)nc3ccccc32)cc1Cl. The van der Waals surface area contributed by atoms with E-state index in [4.69, 9.17) is 16.6 Å². The Morgan fingerprint density at radius 3 is 2.75 bits per heavy atom. The Labute approximate surface area is 145 Å². The molecular formula is C19H19ClFN3. The van der Waals surface area contributed by atoms with Crippen LogP contribution >= 0.6 is 11.6 Å². The molecule has 1 saturated heterocycles. The van der Waals surface area contributed by atoms with Gasteiger partial charge in [-0.1, -0.05) is 29.8 Å². The summed E-state index contributed by atoms with van der Waals surface area (Å²) in [5, 5.41) is 3.57. The largest absolute Gasteiger partial charge is 0.323 e. The van der Waals surface area contributed by atoms with Crippen LogP contribution in [0.2, 0.25) is 5.02 Å². The minimum atomic E-state index is -0.380. The normalized spacial score (nSPS) is 15.9. The summed E-state index contributed by atoms with van der Waals surface area (Å²) in [5.41, 5.74) is 3.12. The summed E-state index contributed by atoms with van der Waals surface area (Å²) in [6, 6.07) is 13.1. The Kier molecular flexibility index (Phi) is 4.25. The number of piperidine rings is 1. The number of nitrogens with one attached hydrogen (secondary N) is 1. The molecule has 0 unspecified atom stereocenters. The minimum absolute atomic E-state index is 0.167. The summed E-state index contributed by atoms with van der Waals surface area (Å²) in [5.74, 6) is 1.20. The first-order chi connectivity index (χ1) is 11.7. The molecule has 124 valence electrons. The number of hydrogen-bond acceptors (Lipinski definition) is 2. The Hall–Kier alpha value is -1.91. The molecule has 0 atom stereocenters. The van der Waals surface area contributed by atoms with Gasteiger partial charge in [-0.2, -0.15) is 0 Å². The van der Waals surface area contributed by atoms with Crippen molar-refractivity contribution in [3.05, 3.63) is 64.7 Å². The maximum Gasteiger partial charge on any atom is 0.141 e. The van der Waals surface area contributed by atoms with Crippen LogP contribution in [0.15, 0.2) is 42.5 Å². The van der Waals surface area contributed by atoms with Gasteiger partial charge in [0.2, 0.25) is 0 Å². The average molecular weight is 344 g/mol. The van der Waals surface area contributed by atoms with Gasteiger partial charge in [-0.3, -0.25) is 0 Å². The zero-order chi connectivity index (χ0) is 16.5. The highest BCUT2D eigenvalue weighted by Gasteiger charge is 2.22. The van der Waals surface area contributed by atoms with E-state index in [0.717, 1.165) is 48.4 Å². The Bertz CT molecular complexity index is 868. The number of imidazole rings is 1. The second-order valence-electron chi connectivity index (χ2n) is 6.32. The van der Waals surface area contributed by atoms with Crippen LogP contribution < -0.4 is 5.32 Å². The maximum absolute atomic E-state index is 13.4. The van der Waals surface area contributed by atoms with Gasteiger partial charge in [0.05, 0.1) is 16.1 Å². The van der Waals surface area contributed by atoms with Crippen molar-refractivity contribution in [2.24, 2.45) is 0 Å². The van der Waals surface area contributed by atoms with E-state index in [1.807, 2.05) is 18.2 Å². The predicted molar refractivity (Wildman–Crippen MR) is 95.1 cm³/mol. The summed E-state index contributed by atoms with van der Waals surface area (Å²) in [4.78, 5) is 4.90. The van der Waals surface area contributed by atoms with Crippen LogP contribution in [0.3, 0.4) is 0 Å². The summed E-state index contributed by atoms with van der Waals surface area (Å²) >= 11 is 5.95. The quantitative estimate of drug-likeness (QED) is 0.766. The fourth-order valence-electron chi connectivity index (χ4n) is 3.47. The molecule has 24 heavy (non-hydrogen) atoms. The molecule has 3 aromatic rings. The molecule has 0 aliphatic carbocycles. The molecule has 1 N–H and O–H groups in total. The molecule has 0 amide bonds. The van der Waals surface area contributed by atoms with Crippen LogP contribution in [0.5, 0.6) is 0 Å². The number of fused-ring (bicyclic) bond motifs is 1. The van der Waals surface area contributed by atoms with Gasteiger partial charge >= 0.3 is 0 Å². The van der Waals surface area contributed by atoms with Crippen molar-refractivity contribution in [3.63, 3.8) is 0 Å². The van der Waals surface area contributed by atoms with Crippen LogP contribution in [0.4, 0.5) is 4.39 Å². The average Bonchev–Trinajstić information content (AvgIpc) is 2.98. The third-order valence-electron chi connectivity index (χ3n) is 4.71. The Balaban J connectivity index is 1.78. The van der Waals surface area contributed by atoms with E-state index < -0.39 is 0 Å². The van der Waals surface area contributed by atoms with Crippen LogP contribution in [0.25, 0.3) is 11.0 Å². The molecule has 1 aromatic heterocycles. The van der Waals surface area contributed by atoms with E-state index in [9.17, 15) is 4.39 Å². The highest BCUT2D eigenvalue weighted by molar-refractivity contribution is 6.30. The van der Waals surface area contributed by atoms with Crippen LogP contribution in [0.1, 0.15) is 30.1 Å². The van der Waals surface area contributed by atoms with E-state index in [-0.39, 0.29) is 10.8 Å². The van der Waals surface area contributed by atoms with Crippen LogP contribution in [0, 0.1) is 5.82 Å². The van der Waals surface area contributed by atoms with E-state index >= 15 is 0 Å². The molecule has 5 heteroatoms. The van der Waals surface area contributed by atoms with Gasteiger partial charge in [0.15, 0.2) is 0 Å². The topological polar surface area (TPSA) is 29.9 Å². The third-order valence-corrected chi connectivity index (χ3v) is 5.00. The van der Waals surface area contributed by atoms with Gasteiger partial charge in [0, 0.05) is 12.5 Å². The van der Waals surface area contributed by atoms with Crippen molar-refractivity contribution in [3.8, 4) is 0 Å². The molecule has 1 aliphatic heterocycles. The fourth-order valence-corrected chi connectivity index (χ4v) is 3.68. The van der Waals surface area contributed by atoms with Crippen LogP contribution in [-0.2, 0) is 6.54 Å². The smallest absolute Gasteiger partial charge is 0.141 e. The van der Waals surface area contributed by atoms with Gasteiger partial charge in [0.25, 0.3) is 0 Å². The minimum Gasteiger partial charge on any atom is -0.323 e. The van der Waals surface area contributed by atoms with Crippen molar-refractivity contribution >= 4 is 22.6 Å². The first kappa shape index (κ1) is 15.6. The lowest BCUT2D eigenvalue weighted by Gasteiger charge is -2.23. The van der Waals surface area contributed by atoms with Crippen molar-refractivity contribution in [1.29, 1.82) is 0 Å². The highest BCUT2D eigenvalue weighted by atomic mass is 35.5. The number of hydrogen-bond donors (Lipinski definition) is 1. The molecule has 0 bridgehead atoms. The molecule has 1 fully saturated rings. The number of halogens is 2. The van der Waals surface area contributed by atoms with Crippen molar-refractivity contribution in [2.75, 3.05) is 13.1 Å². The highest BCUT2D eigenvalue weighted by Crippen LogP contribution is 2.29. The van der Waals surface area contributed by atoms with Gasteiger partial charge < -0.3 is 9.88 Å². The van der Waals surface area contributed by atoms with Gasteiger partial charge in [-0.05, 0) is 55.8 Å². The van der Waals surface area contributed by atoms with Crippen molar-refractivity contribution < 1.29 is 4.39 Å². The molecule has 0 saturated carbocycles. The molecule has 4 rings (SSSR count). The van der Waals surface area contributed by atoms with Crippen molar-refractivity contribution in [1.82, 2.24) is 14.9 Å². The zero-order valence-electron chi connectivity index (χ0n) is 13.3. The lowest BCUT2D eigenvalue weighted by molar-refractivity contribution is 0.435. The summed E-state index contributed by atoms with van der Waals surface area (Å²) in [6.45, 7) is 2.70. The molecule has 1 aliphatic rings. The molecule has 3 nitrogen and oxygen atoms in total. The summed E-state index contributed by atoms with van der Waals surface area (Å²) in [7, 11) is 0. The number of aromatic nitrogens is 2. The lowest BCUT2D eigenvalue weighted by atomic mass is 9.97. The number of nitrogens with zero attached hydrogens (tertiary/aromatic N) is 2. The number of para-hydroxylation sites is 2. The lowest BCUT2D eigenvalue weighted by Crippen LogP contribution is -2.28. The zero-order valence-corrected chi connectivity index (χ0v) is 14.1. The first-order valence-corrected chi connectivity index (χ1v) is 8.70. The molecule has 2 heterocycles. The molecule has 0 spiro atoms. The second kappa shape index (κ2) is 6.54. The monoisotopic (exact) mass is 343 g/mol. The first-order valence-electron chi connectivity index (χ1n) is 8.32. The third kappa shape index (κ3) is 2.92. The summed E-state index contributed by atoms with van der Waals surface area (Å²) < 4.78 is 15.7. The fraction of sp³-hybridized carbons (Fsp3) is 0.316. The van der Waals surface area contributed by atoms with E-state index in [0.29, 0.717) is 12.5 Å². The number of benzene rings is 2. The molecular weight excluding hydrogens is 325 g/mol. The van der Waals surface area contributed by atoms with Crippen LogP contribution in [-0.4, -0.2) is 22.6 Å². The van der Waals surface area contributed by atoms with Gasteiger partial charge in [0.1, 0.15) is 11.6 Å². The van der Waals surface area contributed by atoms with Gasteiger partial charge in [-0.15, -0.1) is 0 Å². The molecule has 2 aromatic carbocycles. The van der Waals surface area contributed by atoms with E-state index in [1.54, 1.807) is 12.1 Å². The second-order valence-corrected chi connectivity index (χ2v) is 6.72. The van der Waals surface area contributed by atoms with Crippen molar-refractivity contribution in [2.45, 2.75) is 25.3 Å². The molecule has 0 radical (unpaired) electrons. The van der Waals surface area contributed by atoms with Gasteiger partial charge in [-0.25, -0.2) is 9.37 Å². The standard InChI is InChI=1S/C19H19ClFN3/c20-15-11-13(5-6-16(15)21)12-24-18-4-2-1-3-17(18)23-19(24)14-7-9-22-10-8-14/h1-6,11,14,22H,7-10,12H2. The summed E-state index contributed by atoms with van der Waals surface area (Å²) in [6.07, 6.45) is 2.18. The van der Waals surface area contributed by atoms with E-state index in [2.05, 4.69) is 16.0 Å². The van der Waals surface area contributed by atoms with E-state index in [1.165, 1.54) is 6.07 Å². The predicted octanol–water partition coefficient (Wildman–Crippen LogP) is 4.34. The maximum atomic E-state index is 13.4.